The van der Waals surface area contributed by atoms with Gasteiger partial charge in [0, 0.05) is 0 Å². The number of rotatable bonds is 3. The van der Waals surface area contributed by atoms with Crippen LogP contribution in [0.4, 0.5) is 0 Å². The van der Waals surface area contributed by atoms with E-state index in [2.05, 4.69) is 0 Å². The molecule has 4 nitrogen and oxygen atoms in total. The molecule has 1 aliphatic heterocycles. The third kappa shape index (κ3) is 2.54. The Hall–Kier alpha value is -0.910. The molecule has 1 aromatic carbocycles. The molecule has 1 saturated heterocycles. The minimum Gasteiger partial charge on any atom is -0.491 e. The van der Waals surface area contributed by atoms with E-state index in [4.69, 9.17) is 13.1 Å². The van der Waals surface area contributed by atoms with Gasteiger partial charge in [-0.2, -0.15) is 4.21 Å². The molecule has 0 amide bonds. The fourth-order valence-electron chi connectivity index (χ4n) is 1.08. The van der Waals surface area contributed by atoms with Crippen molar-refractivity contribution in [1.29, 1.82) is 0 Å². The Labute approximate surface area is 84.7 Å². The summed E-state index contributed by atoms with van der Waals surface area (Å²) in [5.41, 5.74) is 0. The zero-order chi connectivity index (χ0) is 9.80. The maximum Gasteiger partial charge on any atom is 0.305 e. The Morgan fingerprint density at radius 1 is 1.43 bits per heavy atom. The van der Waals surface area contributed by atoms with Gasteiger partial charge in [0.1, 0.15) is 18.5 Å². The highest BCUT2D eigenvalue weighted by molar-refractivity contribution is 7.75. The van der Waals surface area contributed by atoms with Crippen molar-refractivity contribution in [3.63, 3.8) is 0 Å². The van der Waals surface area contributed by atoms with Gasteiger partial charge in [-0.25, -0.2) is 0 Å². The molecule has 1 heterocycles. The van der Waals surface area contributed by atoms with Crippen LogP contribution in [0.25, 0.3) is 0 Å². The summed E-state index contributed by atoms with van der Waals surface area (Å²) in [6.45, 7) is 0.676. The molecule has 0 bridgehead atoms. The SMILES string of the molecule is O=[S@@]1OC[C@@H](COc2ccccc2)O1. The Balaban J connectivity index is 1.80. The van der Waals surface area contributed by atoms with Crippen LogP contribution in [-0.4, -0.2) is 23.5 Å². The van der Waals surface area contributed by atoms with Crippen LogP contribution in [0.15, 0.2) is 30.3 Å². The molecule has 0 aromatic heterocycles. The molecule has 0 unspecified atom stereocenters. The number of para-hydroxylation sites is 1. The highest BCUT2D eigenvalue weighted by Gasteiger charge is 2.23. The summed E-state index contributed by atoms with van der Waals surface area (Å²) >= 11 is -1.59. The van der Waals surface area contributed by atoms with E-state index in [9.17, 15) is 4.21 Å². The highest BCUT2D eigenvalue weighted by atomic mass is 32.2. The van der Waals surface area contributed by atoms with E-state index >= 15 is 0 Å². The van der Waals surface area contributed by atoms with Crippen molar-refractivity contribution in [3.8, 4) is 5.75 Å². The van der Waals surface area contributed by atoms with Gasteiger partial charge in [-0.1, -0.05) is 18.2 Å². The van der Waals surface area contributed by atoms with E-state index in [-0.39, 0.29) is 6.10 Å². The topological polar surface area (TPSA) is 44.8 Å². The van der Waals surface area contributed by atoms with E-state index in [0.29, 0.717) is 13.2 Å². The number of hydrogen-bond acceptors (Lipinski definition) is 4. The molecule has 0 N–H and O–H groups in total. The molecule has 1 aliphatic rings. The standard InChI is InChI=1S/C9H10O4S/c10-14-12-7-9(13-14)6-11-8-4-2-1-3-5-8/h1-5,9H,6-7H2/t9-,14-/m1/s1. The second kappa shape index (κ2) is 4.54. The van der Waals surface area contributed by atoms with Crippen LogP contribution in [0.3, 0.4) is 0 Å². The summed E-state index contributed by atoms with van der Waals surface area (Å²) in [6, 6.07) is 9.40. The van der Waals surface area contributed by atoms with Crippen LogP contribution < -0.4 is 4.74 Å². The van der Waals surface area contributed by atoms with Crippen molar-refractivity contribution in [1.82, 2.24) is 0 Å². The largest absolute Gasteiger partial charge is 0.491 e. The fraction of sp³-hybridized carbons (Fsp3) is 0.333. The first-order valence-electron chi connectivity index (χ1n) is 4.24. The average molecular weight is 214 g/mol. The summed E-state index contributed by atoms with van der Waals surface area (Å²) in [5, 5.41) is 0. The van der Waals surface area contributed by atoms with E-state index in [1.165, 1.54) is 0 Å². The zero-order valence-corrected chi connectivity index (χ0v) is 8.24. The van der Waals surface area contributed by atoms with Crippen LogP contribution in [0, 0.1) is 0 Å². The molecule has 0 aliphatic carbocycles. The van der Waals surface area contributed by atoms with Gasteiger partial charge in [-0.15, -0.1) is 0 Å². The molecule has 14 heavy (non-hydrogen) atoms. The fourth-order valence-corrected chi connectivity index (χ4v) is 1.73. The lowest BCUT2D eigenvalue weighted by molar-refractivity contribution is 0.151. The summed E-state index contributed by atoms with van der Waals surface area (Å²) < 4.78 is 25.7. The van der Waals surface area contributed by atoms with Crippen molar-refractivity contribution >= 4 is 11.4 Å². The Morgan fingerprint density at radius 3 is 2.86 bits per heavy atom. The van der Waals surface area contributed by atoms with Crippen molar-refractivity contribution in [2.75, 3.05) is 13.2 Å². The highest BCUT2D eigenvalue weighted by Crippen LogP contribution is 2.13. The molecule has 1 aromatic rings. The molecule has 1 fully saturated rings. The molecule has 76 valence electrons. The van der Waals surface area contributed by atoms with Gasteiger partial charge in [0.05, 0.1) is 6.61 Å². The molecule has 2 rings (SSSR count). The van der Waals surface area contributed by atoms with Gasteiger partial charge in [-0.3, -0.25) is 8.37 Å². The molecule has 0 radical (unpaired) electrons. The van der Waals surface area contributed by atoms with Gasteiger partial charge in [0.25, 0.3) is 0 Å². The first-order chi connectivity index (χ1) is 6.84. The summed E-state index contributed by atoms with van der Waals surface area (Å²) in [4.78, 5) is 0. The Bertz CT molecular complexity index is 314. The molecule has 0 saturated carbocycles. The molecular weight excluding hydrogens is 204 g/mol. The van der Waals surface area contributed by atoms with Crippen LogP contribution >= 0.6 is 0 Å². The van der Waals surface area contributed by atoms with Gasteiger partial charge < -0.3 is 4.74 Å². The smallest absolute Gasteiger partial charge is 0.305 e. The lowest BCUT2D eigenvalue weighted by Crippen LogP contribution is -2.19. The molecule has 0 spiro atoms. The van der Waals surface area contributed by atoms with Crippen molar-refractivity contribution in [3.05, 3.63) is 30.3 Å². The molecule has 5 heteroatoms. The van der Waals surface area contributed by atoms with Crippen molar-refractivity contribution in [2.24, 2.45) is 0 Å². The average Bonchev–Trinajstić information content (AvgIpc) is 2.63. The van der Waals surface area contributed by atoms with Crippen LogP contribution in [0.5, 0.6) is 5.75 Å². The third-order valence-corrected chi connectivity index (χ3v) is 2.50. The van der Waals surface area contributed by atoms with E-state index in [1.807, 2.05) is 30.3 Å². The second-order valence-electron chi connectivity index (χ2n) is 2.83. The minimum atomic E-state index is -1.59. The van der Waals surface area contributed by atoms with Crippen molar-refractivity contribution in [2.45, 2.75) is 6.10 Å². The van der Waals surface area contributed by atoms with Crippen LogP contribution in [-0.2, 0) is 19.7 Å². The summed E-state index contributed by atoms with van der Waals surface area (Å²) in [6.07, 6.45) is -0.240. The number of benzene rings is 1. The lowest BCUT2D eigenvalue weighted by Gasteiger charge is -2.08. The van der Waals surface area contributed by atoms with Gasteiger partial charge in [-0.05, 0) is 12.1 Å². The van der Waals surface area contributed by atoms with Gasteiger partial charge in [0.15, 0.2) is 0 Å². The quantitative estimate of drug-likeness (QED) is 0.754. The number of ether oxygens (including phenoxy) is 1. The maximum atomic E-state index is 10.7. The van der Waals surface area contributed by atoms with E-state index in [1.54, 1.807) is 0 Å². The summed E-state index contributed by atoms with van der Waals surface area (Å²) in [5.74, 6) is 0.772. The normalized spacial score (nSPS) is 26.3. The van der Waals surface area contributed by atoms with Crippen LogP contribution in [0.1, 0.15) is 0 Å². The van der Waals surface area contributed by atoms with Crippen molar-refractivity contribution < 1.29 is 17.3 Å². The van der Waals surface area contributed by atoms with Gasteiger partial charge in [0.2, 0.25) is 0 Å². The Morgan fingerprint density at radius 2 is 2.21 bits per heavy atom. The minimum absolute atomic E-state index is 0.240. The van der Waals surface area contributed by atoms with Gasteiger partial charge >= 0.3 is 11.4 Å². The predicted molar refractivity (Wildman–Crippen MR) is 50.9 cm³/mol. The van der Waals surface area contributed by atoms with E-state index in [0.717, 1.165) is 5.75 Å². The number of hydrogen-bond donors (Lipinski definition) is 0. The lowest BCUT2D eigenvalue weighted by atomic mass is 10.3. The zero-order valence-electron chi connectivity index (χ0n) is 7.42. The monoisotopic (exact) mass is 214 g/mol. The maximum absolute atomic E-state index is 10.7. The van der Waals surface area contributed by atoms with Crippen LogP contribution in [0.2, 0.25) is 0 Å². The third-order valence-electron chi connectivity index (χ3n) is 1.74. The predicted octanol–water partition coefficient (Wildman–Crippen LogP) is 1.06. The summed E-state index contributed by atoms with van der Waals surface area (Å²) in [7, 11) is 0. The first-order valence-corrected chi connectivity index (χ1v) is 5.24. The Kier molecular flexibility index (Phi) is 3.13. The first kappa shape index (κ1) is 9.64. The molecule has 2 atom stereocenters. The van der Waals surface area contributed by atoms with E-state index < -0.39 is 11.4 Å². The molecular formula is C9H10O4S. The second-order valence-corrected chi connectivity index (χ2v) is 3.67.